The fourth-order valence-electron chi connectivity index (χ4n) is 4.56. The van der Waals surface area contributed by atoms with Gasteiger partial charge < -0.3 is 9.80 Å². The van der Waals surface area contributed by atoms with E-state index in [1.54, 1.807) is 23.5 Å². The number of aromatic nitrogens is 2. The number of pyridine rings is 1. The van der Waals surface area contributed by atoms with Crippen molar-refractivity contribution in [1.29, 1.82) is 0 Å². The summed E-state index contributed by atoms with van der Waals surface area (Å²) in [6.07, 6.45) is 3.99. The third-order valence-electron chi connectivity index (χ3n) is 6.60. The van der Waals surface area contributed by atoms with E-state index in [0.29, 0.717) is 17.2 Å². The van der Waals surface area contributed by atoms with Crippen LogP contribution < -0.4 is 4.90 Å². The van der Waals surface area contributed by atoms with Crippen molar-refractivity contribution in [2.24, 2.45) is 11.8 Å². The zero-order chi connectivity index (χ0) is 21.4. The van der Waals surface area contributed by atoms with E-state index in [9.17, 15) is 9.18 Å². The van der Waals surface area contributed by atoms with Gasteiger partial charge in [0.25, 0.3) is 0 Å². The van der Waals surface area contributed by atoms with E-state index in [2.05, 4.69) is 21.7 Å². The number of thiazole rings is 1. The molecule has 0 atom stereocenters. The Morgan fingerprint density at radius 3 is 2.48 bits per heavy atom. The number of carbonyl (C=O) groups is 1. The first-order chi connectivity index (χ1) is 15.1. The molecule has 0 unspecified atom stereocenters. The molecule has 31 heavy (non-hydrogen) atoms. The van der Waals surface area contributed by atoms with E-state index < -0.39 is 0 Å². The highest BCUT2D eigenvalue weighted by molar-refractivity contribution is 7.21. The first-order valence-electron chi connectivity index (χ1n) is 11.1. The summed E-state index contributed by atoms with van der Waals surface area (Å²) in [4.78, 5) is 27.5. The molecule has 0 aliphatic carbocycles. The van der Waals surface area contributed by atoms with Gasteiger partial charge in [0, 0.05) is 37.7 Å². The number of halogens is 1. The van der Waals surface area contributed by atoms with Gasteiger partial charge in [-0.25, -0.2) is 14.4 Å². The van der Waals surface area contributed by atoms with Gasteiger partial charge in [-0.15, -0.1) is 0 Å². The third-order valence-corrected chi connectivity index (χ3v) is 7.63. The van der Waals surface area contributed by atoms with Gasteiger partial charge in [-0.3, -0.25) is 4.79 Å². The average molecular weight is 439 g/mol. The number of fused-ring (bicyclic) bond motifs is 1. The van der Waals surface area contributed by atoms with Crippen LogP contribution in [0.4, 0.5) is 9.52 Å². The number of anilines is 1. The van der Waals surface area contributed by atoms with Gasteiger partial charge in [0.15, 0.2) is 5.13 Å². The van der Waals surface area contributed by atoms with Crippen LogP contribution in [-0.4, -0.2) is 47.0 Å². The van der Waals surface area contributed by atoms with Crippen LogP contribution in [0.5, 0.6) is 0 Å². The standard InChI is InChI=1S/C24H27FN4OS/c1-16-8-12-28(13-9-16)23(30)17-10-14-29(15-11-17)24-27-21-7-6-20(26-22(21)31-24)18-4-2-3-5-19(18)25/h2-7,16-17H,8-15H2,1H3. The number of nitrogens with zero attached hydrogens (tertiary/aromatic N) is 4. The first-order valence-corrected chi connectivity index (χ1v) is 12.0. The Morgan fingerprint density at radius 2 is 1.74 bits per heavy atom. The largest absolute Gasteiger partial charge is 0.348 e. The van der Waals surface area contributed by atoms with Crippen molar-refractivity contribution in [3.63, 3.8) is 0 Å². The predicted octanol–water partition coefficient (Wildman–Crippen LogP) is 4.97. The summed E-state index contributed by atoms with van der Waals surface area (Å²) in [5.74, 6) is 0.934. The van der Waals surface area contributed by atoms with Crippen molar-refractivity contribution in [1.82, 2.24) is 14.9 Å². The number of likely N-dealkylation sites (tertiary alicyclic amines) is 1. The Balaban J connectivity index is 1.27. The molecule has 4 heterocycles. The number of hydrogen-bond acceptors (Lipinski definition) is 5. The molecular weight excluding hydrogens is 411 g/mol. The SMILES string of the molecule is CC1CCN(C(=O)C2CCN(c3nc4ccc(-c5ccccc5F)nc4s3)CC2)CC1. The zero-order valence-electron chi connectivity index (χ0n) is 17.8. The molecule has 7 heteroatoms. The lowest BCUT2D eigenvalue weighted by Gasteiger charge is -2.36. The minimum absolute atomic E-state index is 0.129. The maximum absolute atomic E-state index is 14.1. The Kier molecular flexibility index (Phi) is 5.61. The van der Waals surface area contributed by atoms with E-state index in [4.69, 9.17) is 4.98 Å². The summed E-state index contributed by atoms with van der Waals surface area (Å²) in [5.41, 5.74) is 1.97. The minimum Gasteiger partial charge on any atom is -0.348 e. The number of rotatable bonds is 3. The number of amides is 1. The molecule has 0 radical (unpaired) electrons. The van der Waals surface area contributed by atoms with Gasteiger partial charge in [-0.05, 0) is 55.9 Å². The first kappa shape index (κ1) is 20.4. The number of hydrogen-bond donors (Lipinski definition) is 0. The molecule has 1 aromatic carbocycles. The molecule has 1 amide bonds. The van der Waals surface area contributed by atoms with Gasteiger partial charge in [-0.1, -0.05) is 30.4 Å². The van der Waals surface area contributed by atoms with Gasteiger partial charge in [-0.2, -0.15) is 0 Å². The Morgan fingerprint density at radius 1 is 1.00 bits per heavy atom. The minimum atomic E-state index is -0.269. The topological polar surface area (TPSA) is 49.3 Å². The molecule has 2 fully saturated rings. The van der Waals surface area contributed by atoms with Crippen LogP contribution in [0.3, 0.4) is 0 Å². The summed E-state index contributed by atoms with van der Waals surface area (Å²) in [6, 6.07) is 10.4. The number of carbonyl (C=O) groups excluding carboxylic acids is 1. The molecule has 0 bridgehead atoms. The highest BCUT2D eigenvalue weighted by atomic mass is 32.1. The van der Waals surface area contributed by atoms with E-state index >= 15 is 0 Å². The second-order valence-electron chi connectivity index (χ2n) is 8.77. The Labute approximate surface area is 185 Å². The maximum atomic E-state index is 14.1. The van der Waals surface area contributed by atoms with E-state index in [0.717, 1.165) is 73.3 Å². The highest BCUT2D eigenvalue weighted by Gasteiger charge is 2.31. The molecule has 162 valence electrons. The van der Waals surface area contributed by atoms with E-state index in [-0.39, 0.29) is 11.7 Å². The van der Waals surface area contributed by atoms with Gasteiger partial charge in [0.1, 0.15) is 16.2 Å². The monoisotopic (exact) mass is 438 g/mol. The molecule has 5 nitrogen and oxygen atoms in total. The molecule has 5 rings (SSSR count). The molecule has 0 spiro atoms. The lowest BCUT2D eigenvalue weighted by molar-refractivity contribution is -0.137. The zero-order valence-corrected chi connectivity index (χ0v) is 18.6. The average Bonchev–Trinajstić information content (AvgIpc) is 3.23. The summed E-state index contributed by atoms with van der Waals surface area (Å²) < 4.78 is 14.1. The Hall–Kier alpha value is -2.54. The molecule has 3 aromatic rings. The second kappa shape index (κ2) is 8.54. The lowest BCUT2D eigenvalue weighted by Crippen LogP contribution is -2.45. The molecule has 2 aliphatic rings. The van der Waals surface area contributed by atoms with Crippen LogP contribution in [0.15, 0.2) is 36.4 Å². The van der Waals surface area contributed by atoms with Crippen molar-refractivity contribution < 1.29 is 9.18 Å². The number of piperidine rings is 2. The number of benzene rings is 1. The van der Waals surface area contributed by atoms with Crippen LogP contribution in [0.1, 0.15) is 32.6 Å². The predicted molar refractivity (Wildman–Crippen MR) is 123 cm³/mol. The molecule has 2 aliphatic heterocycles. The maximum Gasteiger partial charge on any atom is 0.225 e. The van der Waals surface area contributed by atoms with Crippen molar-refractivity contribution in [2.45, 2.75) is 32.6 Å². The third kappa shape index (κ3) is 4.15. The summed E-state index contributed by atoms with van der Waals surface area (Å²) in [6.45, 7) is 5.76. The summed E-state index contributed by atoms with van der Waals surface area (Å²) in [7, 11) is 0. The van der Waals surface area contributed by atoms with Crippen LogP contribution in [0, 0.1) is 17.7 Å². The molecule has 2 aromatic heterocycles. The highest BCUT2D eigenvalue weighted by Crippen LogP contribution is 2.33. The van der Waals surface area contributed by atoms with Gasteiger partial charge in [0.05, 0.1) is 5.69 Å². The van der Waals surface area contributed by atoms with Crippen molar-refractivity contribution in [2.75, 3.05) is 31.1 Å². The molecular formula is C24H27FN4OS. The molecule has 2 saturated heterocycles. The van der Waals surface area contributed by atoms with Crippen molar-refractivity contribution in [3.8, 4) is 11.3 Å². The molecule has 0 N–H and O–H groups in total. The second-order valence-corrected chi connectivity index (χ2v) is 9.72. The van der Waals surface area contributed by atoms with Crippen LogP contribution in [0.25, 0.3) is 21.6 Å². The Bertz CT molecular complexity index is 1080. The van der Waals surface area contributed by atoms with Crippen LogP contribution in [-0.2, 0) is 4.79 Å². The van der Waals surface area contributed by atoms with Crippen LogP contribution >= 0.6 is 11.3 Å². The lowest BCUT2D eigenvalue weighted by atomic mass is 9.93. The van der Waals surface area contributed by atoms with Crippen LogP contribution in [0.2, 0.25) is 0 Å². The quantitative estimate of drug-likeness (QED) is 0.579. The molecule has 0 saturated carbocycles. The van der Waals surface area contributed by atoms with Gasteiger partial charge in [0.2, 0.25) is 5.91 Å². The fraction of sp³-hybridized carbons (Fsp3) is 0.458. The fourth-order valence-corrected chi connectivity index (χ4v) is 5.56. The van der Waals surface area contributed by atoms with E-state index in [1.807, 2.05) is 18.2 Å². The van der Waals surface area contributed by atoms with Crippen molar-refractivity contribution >= 4 is 32.7 Å². The normalized spacial score (nSPS) is 18.6. The summed E-state index contributed by atoms with van der Waals surface area (Å²) in [5, 5.41) is 0.936. The smallest absolute Gasteiger partial charge is 0.225 e. The summed E-state index contributed by atoms with van der Waals surface area (Å²) >= 11 is 1.54. The van der Waals surface area contributed by atoms with Crippen molar-refractivity contribution in [3.05, 3.63) is 42.2 Å². The van der Waals surface area contributed by atoms with E-state index in [1.165, 1.54) is 6.07 Å². The van der Waals surface area contributed by atoms with Gasteiger partial charge >= 0.3 is 0 Å².